The van der Waals surface area contributed by atoms with E-state index in [1.165, 1.54) is 12.1 Å². The van der Waals surface area contributed by atoms with Crippen LogP contribution in [0.3, 0.4) is 0 Å². The van der Waals surface area contributed by atoms with Crippen LogP contribution in [0, 0.1) is 10.1 Å². The molecule has 0 fully saturated rings. The highest BCUT2D eigenvalue weighted by Gasteiger charge is 2.35. The Balaban J connectivity index is 2.41. The van der Waals surface area contributed by atoms with Gasteiger partial charge in [-0.25, -0.2) is 0 Å². The van der Waals surface area contributed by atoms with Gasteiger partial charge in [-0.1, -0.05) is 36.1 Å². The molecule has 0 saturated carbocycles. The van der Waals surface area contributed by atoms with Crippen LogP contribution < -0.4 is 5.11 Å². The van der Waals surface area contributed by atoms with E-state index in [4.69, 9.17) is 0 Å². The Labute approximate surface area is 112 Å². The maximum absolute atomic E-state index is 12.3. The number of nitro groups is 1. The second kappa shape index (κ2) is 3.99. The molecule has 0 aliphatic heterocycles. The topological polar surface area (TPSA) is 100 Å². The number of nitrogens with zero attached hydrogens (tertiary/aromatic N) is 1. The second-order valence-corrected chi connectivity index (χ2v) is 4.29. The van der Waals surface area contributed by atoms with E-state index in [-0.39, 0.29) is 11.1 Å². The van der Waals surface area contributed by atoms with E-state index < -0.39 is 39.1 Å². The average molecular weight is 268 g/mol. The fourth-order valence-corrected chi connectivity index (χ4v) is 2.33. The first-order chi connectivity index (χ1) is 9.52. The van der Waals surface area contributed by atoms with Gasteiger partial charge in [0.1, 0.15) is 5.56 Å². The number of rotatable bonds is 1. The number of hydrogen-bond donors (Lipinski definition) is 0. The lowest BCUT2D eigenvalue weighted by atomic mass is 9.83. The van der Waals surface area contributed by atoms with Crippen molar-refractivity contribution in [3.63, 3.8) is 0 Å². The van der Waals surface area contributed by atoms with Crippen LogP contribution in [0.1, 0.15) is 31.8 Å². The third-order valence-electron chi connectivity index (χ3n) is 3.21. The molecule has 6 heteroatoms. The monoisotopic (exact) mass is 268 g/mol. The van der Waals surface area contributed by atoms with Crippen molar-refractivity contribution in [2.24, 2.45) is 0 Å². The summed E-state index contributed by atoms with van der Waals surface area (Å²) in [6.45, 7) is 0. The molecule has 0 N–H and O–H groups in total. The SMILES string of the molecule is O=C1c2ccccc2C(=O)c2c([N+](=O)[O-])ccc([O-])c21. The summed E-state index contributed by atoms with van der Waals surface area (Å²) in [6.07, 6.45) is 0. The fraction of sp³-hybridized carbons (Fsp3) is 0. The number of fused-ring (bicyclic) bond motifs is 2. The number of nitro benzene ring substituents is 1. The molecule has 1 aliphatic carbocycles. The zero-order chi connectivity index (χ0) is 14.4. The van der Waals surface area contributed by atoms with Crippen LogP contribution in [0.25, 0.3) is 0 Å². The van der Waals surface area contributed by atoms with Crippen LogP contribution in [-0.2, 0) is 0 Å². The largest absolute Gasteiger partial charge is 0.872 e. The minimum Gasteiger partial charge on any atom is -0.872 e. The normalized spacial score (nSPS) is 12.8. The Morgan fingerprint density at radius 3 is 1.95 bits per heavy atom. The predicted molar refractivity (Wildman–Crippen MR) is 65.8 cm³/mol. The van der Waals surface area contributed by atoms with E-state index in [0.717, 1.165) is 12.1 Å². The molecular formula is C14H6NO5-. The Morgan fingerprint density at radius 2 is 1.40 bits per heavy atom. The van der Waals surface area contributed by atoms with Crippen molar-refractivity contribution < 1.29 is 19.6 Å². The first-order valence-corrected chi connectivity index (χ1v) is 5.69. The van der Waals surface area contributed by atoms with Gasteiger partial charge in [0.25, 0.3) is 5.69 Å². The Bertz CT molecular complexity index is 794. The number of carbonyl (C=O) groups excluding carboxylic acids is 2. The molecule has 0 bridgehead atoms. The van der Waals surface area contributed by atoms with Crippen LogP contribution in [-0.4, -0.2) is 16.5 Å². The highest BCUT2D eigenvalue weighted by atomic mass is 16.6. The van der Waals surface area contributed by atoms with Crippen molar-refractivity contribution in [3.05, 3.63) is 68.8 Å². The molecule has 0 heterocycles. The molecule has 2 aromatic rings. The van der Waals surface area contributed by atoms with E-state index in [1.807, 2.05) is 0 Å². The van der Waals surface area contributed by atoms with Crippen molar-refractivity contribution in [2.75, 3.05) is 0 Å². The Kier molecular flexibility index (Phi) is 2.40. The molecule has 0 atom stereocenters. The second-order valence-electron chi connectivity index (χ2n) is 4.29. The summed E-state index contributed by atoms with van der Waals surface area (Å²) >= 11 is 0. The standard InChI is InChI=1S/C14H7NO5/c16-10-6-5-9(15(19)20)11-12(10)14(18)8-4-2-1-3-7(8)13(11)17/h1-6,16H/p-1. The van der Waals surface area contributed by atoms with Crippen LogP contribution in [0.15, 0.2) is 36.4 Å². The van der Waals surface area contributed by atoms with Crippen molar-refractivity contribution in [1.82, 2.24) is 0 Å². The summed E-state index contributed by atoms with van der Waals surface area (Å²) in [5.41, 5.74) is -1.16. The maximum Gasteiger partial charge on any atom is 0.281 e. The number of ketones is 2. The van der Waals surface area contributed by atoms with Gasteiger partial charge in [-0.3, -0.25) is 19.7 Å². The van der Waals surface area contributed by atoms with Crippen molar-refractivity contribution >= 4 is 17.3 Å². The first-order valence-electron chi connectivity index (χ1n) is 5.69. The predicted octanol–water partition coefficient (Wildman–Crippen LogP) is 1.44. The molecule has 0 radical (unpaired) electrons. The van der Waals surface area contributed by atoms with E-state index >= 15 is 0 Å². The summed E-state index contributed by atoms with van der Waals surface area (Å²) in [5.74, 6) is -2.00. The van der Waals surface area contributed by atoms with Crippen LogP contribution in [0.5, 0.6) is 5.75 Å². The molecule has 0 spiro atoms. The Hall–Kier alpha value is -3.02. The summed E-state index contributed by atoms with van der Waals surface area (Å²) in [7, 11) is 0. The quantitative estimate of drug-likeness (QED) is 0.491. The average Bonchev–Trinajstić information content (AvgIpc) is 2.44. The molecule has 0 amide bonds. The lowest BCUT2D eigenvalue weighted by Crippen LogP contribution is -2.23. The molecule has 0 aromatic heterocycles. The van der Waals surface area contributed by atoms with E-state index in [1.54, 1.807) is 12.1 Å². The van der Waals surface area contributed by atoms with E-state index in [2.05, 4.69) is 0 Å². The van der Waals surface area contributed by atoms with Gasteiger partial charge in [0.05, 0.1) is 4.92 Å². The molecule has 0 saturated heterocycles. The number of hydrogen-bond acceptors (Lipinski definition) is 5. The summed E-state index contributed by atoms with van der Waals surface area (Å²) < 4.78 is 0. The van der Waals surface area contributed by atoms with Crippen molar-refractivity contribution in [3.8, 4) is 5.75 Å². The lowest BCUT2D eigenvalue weighted by Gasteiger charge is -2.21. The van der Waals surface area contributed by atoms with Gasteiger partial charge in [-0.15, -0.1) is 0 Å². The van der Waals surface area contributed by atoms with Gasteiger partial charge < -0.3 is 5.11 Å². The Morgan fingerprint density at radius 1 is 0.850 bits per heavy atom. The first kappa shape index (κ1) is 12.0. The van der Waals surface area contributed by atoms with Crippen LogP contribution in [0.2, 0.25) is 0 Å². The highest BCUT2D eigenvalue weighted by molar-refractivity contribution is 6.30. The van der Waals surface area contributed by atoms with Crippen LogP contribution in [0.4, 0.5) is 5.69 Å². The molecule has 98 valence electrons. The van der Waals surface area contributed by atoms with E-state index in [9.17, 15) is 24.8 Å². The summed E-state index contributed by atoms with van der Waals surface area (Å²) in [6, 6.07) is 7.87. The molecule has 6 nitrogen and oxygen atoms in total. The summed E-state index contributed by atoms with van der Waals surface area (Å²) in [5, 5.41) is 22.8. The minimum atomic E-state index is -0.766. The minimum absolute atomic E-state index is 0.0821. The van der Waals surface area contributed by atoms with Gasteiger partial charge >= 0.3 is 0 Å². The number of carbonyl (C=O) groups is 2. The fourth-order valence-electron chi connectivity index (χ4n) is 2.33. The van der Waals surface area contributed by atoms with Gasteiger partial charge in [-0.05, 0) is 0 Å². The third-order valence-corrected chi connectivity index (χ3v) is 3.21. The third kappa shape index (κ3) is 1.45. The van der Waals surface area contributed by atoms with Gasteiger partial charge in [0, 0.05) is 22.8 Å². The zero-order valence-corrected chi connectivity index (χ0v) is 9.95. The van der Waals surface area contributed by atoms with Gasteiger partial charge in [0.2, 0.25) is 5.78 Å². The van der Waals surface area contributed by atoms with Gasteiger partial charge in [0.15, 0.2) is 5.78 Å². The zero-order valence-electron chi connectivity index (χ0n) is 9.95. The van der Waals surface area contributed by atoms with E-state index in [0.29, 0.717) is 0 Å². The molecule has 0 unspecified atom stereocenters. The molecule has 1 aliphatic rings. The molecular weight excluding hydrogens is 262 g/mol. The smallest absolute Gasteiger partial charge is 0.281 e. The van der Waals surface area contributed by atoms with Gasteiger partial charge in [-0.2, -0.15) is 0 Å². The van der Waals surface area contributed by atoms with Crippen molar-refractivity contribution in [2.45, 2.75) is 0 Å². The number of benzene rings is 2. The highest BCUT2D eigenvalue weighted by Crippen LogP contribution is 2.36. The molecule has 3 rings (SSSR count). The van der Waals surface area contributed by atoms with Crippen molar-refractivity contribution in [1.29, 1.82) is 0 Å². The summed E-state index contributed by atoms with van der Waals surface area (Å²) in [4.78, 5) is 34.8. The maximum atomic E-state index is 12.3. The molecule has 20 heavy (non-hydrogen) atoms. The lowest BCUT2D eigenvalue weighted by molar-refractivity contribution is -0.385. The molecule has 2 aromatic carbocycles. The van der Waals surface area contributed by atoms with Crippen LogP contribution >= 0.6 is 0 Å².